The molecule has 0 radical (unpaired) electrons. The normalized spacial score (nSPS) is 17.5. The molecule has 0 amide bonds. The van der Waals surface area contributed by atoms with Crippen LogP contribution in [0.25, 0.3) is 0 Å². The van der Waals surface area contributed by atoms with E-state index in [0.717, 1.165) is 18.2 Å². The Morgan fingerprint density at radius 1 is 1.19 bits per heavy atom. The number of benzene rings is 2. The van der Waals surface area contributed by atoms with E-state index in [1.165, 1.54) is 13.2 Å². The number of fused-ring (bicyclic) bond motifs is 1. The molecular weight excluding hydrogens is 400 g/mol. The van der Waals surface area contributed by atoms with Crippen LogP contribution in [0.2, 0.25) is 0 Å². The van der Waals surface area contributed by atoms with Gasteiger partial charge in [-0.05, 0) is 36.2 Å². The van der Waals surface area contributed by atoms with E-state index in [4.69, 9.17) is 9.47 Å². The smallest absolute Gasteiger partial charge is 0.178 e. The number of rotatable bonds is 6. The number of halogens is 3. The second kappa shape index (κ2) is 8.86. The van der Waals surface area contributed by atoms with Crippen LogP contribution in [0.15, 0.2) is 41.3 Å². The van der Waals surface area contributed by atoms with Crippen LogP contribution in [0.1, 0.15) is 18.0 Å². The fourth-order valence-electron chi connectivity index (χ4n) is 2.93. The van der Waals surface area contributed by atoms with Crippen LogP contribution in [0, 0.1) is 11.6 Å². The molecule has 0 bridgehead atoms. The number of hydrogen-bond donors (Lipinski definition) is 1. The van der Waals surface area contributed by atoms with Gasteiger partial charge in [0.15, 0.2) is 21.4 Å². The van der Waals surface area contributed by atoms with Crippen LogP contribution < -0.4 is 14.8 Å². The molecule has 27 heavy (non-hydrogen) atoms. The quantitative estimate of drug-likeness (QED) is 0.728. The molecule has 1 N–H and O–H groups in total. The van der Waals surface area contributed by atoms with Crippen LogP contribution in [0.3, 0.4) is 0 Å². The van der Waals surface area contributed by atoms with Crippen molar-refractivity contribution in [1.29, 1.82) is 0 Å². The zero-order chi connectivity index (χ0) is 18.7. The van der Waals surface area contributed by atoms with Gasteiger partial charge in [0.1, 0.15) is 18.2 Å². The summed E-state index contributed by atoms with van der Waals surface area (Å²) in [5.41, 5.74) is 0.675. The topological polar surface area (TPSA) is 64.6 Å². The molecule has 0 spiro atoms. The summed E-state index contributed by atoms with van der Waals surface area (Å²) >= 11 is 0. The summed E-state index contributed by atoms with van der Waals surface area (Å²) < 4.78 is 61.6. The molecule has 0 fully saturated rings. The summed E-state index contributed by atoms with van der Waals surface area (Å²) in [6, 6.07) is 7.83. The minimum atomic E-state index is -3.33. The molecule has 3 rings (SSSR count). The molecular formula is C18H20ClF2NO4S. The Morgan fingerprint density at radius 2 is 1.96 bits per heavy atom. The highest BCUT2D eigenvalue weighted by Gasteiger charge is 2.30. The van der Waals surface area contributed by atoms with Crippen molar-refractivity contribution < 1.29 is 26.7 Å². The van der Waals surface area contributed by atoms with Crippen molar-refractivity contribution in [3.63, 3.8) is 0 Å². The van der Waals surface area contributed by atoms with Gasteiger partial charge in [-0.1, -0.05) is 6.07 Å². The van der Waals surface area contributed by atoms with Gasteiger partial charge in [0.2, 0.25) is 0 Å². The Balaban J connectivity index is 0.00000261. The van der Waals surface area contributed by atoms with E-state index in [0.29, 0.717) is 24.3 Å². The third-order valence-electron chi connectivity index (χ3n) is 4.25. The number of ether oxygens (including phenoxy) is 2. The maximum atomic E-state index is 13.5. The minimum absolute atomic E-state index is 0. The van der Waals surface area contributed by atoms with Gasteiger partial charge in [0, 0.05) is 18.7 Å². The molecule has 2 aromatic carbocycles. The molecule has 5 nitrogen and oxygen atoms in total. The van der Waals surface area contributed by atoms with E-state index in [9.17, 15) is 17.2 Å². The molecule has 1 atom stereocenters. The van der Waals surface area contributed by atoms with Crippen molar-refractivity contribution in [1.82, 2.24) is 5.32 Å². The van der Waals surface area contributed by atoms with E-state index >= 15 is 0 Å². The van der Waals surface area contributed by atoms with Crippen molar-refractivity contribution in [2.24, 2.45) is 0 Å². The third kappa shape index (κ3) is 4.88. The molecule has 9 heteroatoms. The van der Waals surface area contributed by atoms with Gasteiger partial charge in [-0.15, -0.1) is 12.4 Å². The Kier molecular flexibility index (Phi) is 7.02. The first kappa shape index (κ1) is 21.4. The zero-order valence-electron chi connectivity index (χ0n) is 14.6. The lowest BCUT2D eigenvalue weighted by Crippen LogP contribution is -2.32. The number of hydrogen-bond acceptors (Lipinski definition) is 5. The SMILES string of the molecule is COc1ccc2c(c1)S(=O)(=O)CCC2NCCOc1cc(F)ccc1F.Cl. The molecule has 148 valence electrons. The number of sulfone groups is 1. The lowest BCUT2D eigenvalue weighted by Gasteiger charge is -2.26. The number of nitrogens with one attached hydrogen (secondary N) is 1. The maximum absolute atomic E-state index is 13.5. The van der Waals surface area contributed by atoms with Crippen molar-refractivity contribution in [3.05, 3.63) is 53.6 Å². The zero-order valence-corrected chi connectivity index (χ0v) is 16.2. The van der Waals surface area contributed by atoms with Gasteiger partial charge in [-0.3, -0.25) is 0 Å². The summed E-state index contributed by atoms with van der Waals surface area (Å²) in [5, 5.41) is 3.21. The molecule has 0 aromatic heterocycles. The Hall–Kier alpha value is -1.90. The highest BCUT2D eigenvalue weighted by atomic mass is 35.5. The molecule has 0 aliphatic carbocycles. The molecule has 1 aliphatic heterocycles. The second-order valence-electron chi connectivity index (χ2n) is 5.94. The largest absolute Gasteiger partial charge is 0.497 e. The van der Waals surface area contributed by atoms with Gasteiger partial charge < -0.3 is 14.8 Å². The van der Waals surface area contributed by atoms with Crippen LogP contribution in [0.4, 0.5) is 8.78 Å². The van der Waals surface area contributed by atoms with Crippen LogP contribution in [-0.4, -0.2) is 34.4 Å². The lowest BCUT2D eigenvalue weighted by molar-refractivity contribution is 0.288. The van der Waals surface area contributed by atoms with E-state index in [2.05, 4.69) is 5.32 Å². The fraction of sp³-hybridized carbons (Fsp3) is 0.333. The monoisotopic (exact) mass is 419 g/mol. The van der Waals surface area contributed by atoms with Crippen molar-refractivity contribution in [3.8, 4) is 11.5 Å². The summed E-state index contributed by atoms with van der Waals surface area (Å²) in [6.07, 6.45) is 0.427. The van der Waals surface area contributed by atoms with Crippen molar-refractivity contribution >= 4 is 22.2 Å². The van der Waals surface area contributed by atoms with Crippen molar-refractivity contribution in [2.45, 2.75) is 17.4 Å². The highest BCUT2D eigenvalue weighted by Crippen LogP contribution is 2.34. The van der Waals surface area contributed by atoms with Gasteiger partial charge in [-0.25, -0.2) is 17.2 Å². The van der Waals surface area contributed by atoms with Gasteiger partial charge in [0.25, 0.3) is 0 Å². The summed E-state index contributed by atoms with van der Waals surface area (Å²) in [5.74, 6) is -0.840. The van der Waals surface area contributed by atoms with Crippen LogP contribution in [-0.2, 0) is 9.84 Å². The van der Waals surface area contributed by atoms with Crippen LogP contribution in [0.5, 0.6) is 11.5 Å². The second-order valence-corrected chi connectivity index (χ2v) is 8.02. The van der Waals surface area contributed by atoms with Gasteiger partial charge in [-0.2, -0.15) is 0 Å². The molecule has 1 heterocycles. The average Bonchev–Trinajstić information content (AvgIpc) is 2.63. The predicted molar refractivity (Wildman–Crippen MR) is 99.5 cm³/mol. The Bertz CT molecular complexity index is 908. The van der Waals surface area contributed by atoms with E-state index in [1.54, 1.807) is 12.1 Å². The minimum Gasteiger partial charge on any atom is -0.497 e. The first-order valence-electron chi connectivity index (χ1n) is 8.12. The molecule has 0 saturated carbocycles. The maximum Gasteiger partial charge on any atom is 0.178 e. The highest BCUT2D eigenvalue weighted by molar-refractivity contribution is 7.91. The molecule has 2 aromatic rings. The third-order valence-corrected chi connectivity index (χ3v) is 6.05. The Morgan fingerprint density at radius 3 is 2.70 bits per heavy atom. The summed E-state index contributed by atoms with van der Waals surface area (Å²) in [6.45, 7) is 0.473. The fourth-order valence-corrected chi connectivity index (χ4v) is 4.56. The Labute approximate surface area is 163 Å². The molecule has 1 aliphatic rings. The first-order chi connectivity index (χ1) is 12.4. The van der Waals surface area contributed by atoms with Crippen molar-refractivity contribution in [2.75, 3.05) is 26.0 Å². The lowest BCUT2D eigenvalue weighted by atomic mass is 10.0. The summed E-state index contributed by atoms with van der Waals surface area (Å²) in [7, 11) is -1.85. The standard InChI is InChI=1S/C18H19F2NO4S.ClH/c1-24-13-3-4-14-16(6-9-26(22,23)18(14)11-13)21-7-8-25-17-10-12(19)2-5-15(17)20;/h2-5,10-11,16,21H,6-9H2,1H3;1H. The molecule has 0 saturated heterocycles. The summed E-state index contributed by atoms with van der Waals surface area (Å²) in [4.78, 5) is 0.262. The van der Waals surface area contributed by atoms with E-state index in [1.807, 2.05) is 0 Å². The van der Waals surface area contributed by atoms with Gasteiger partial charge >= 0.3 is 0 Å². The van der Waals surface area contributed by atoms with Crippen LogP contribution >= 0.6 is 12.4 Å². The first-order valence-corrected chi connectivity index (χ1v) is 9.78. The van der Waals surface area contributed by atoms with E-state index in [-0.39, 0.29) is 41.5 Å². The van der Waals surface area contributed by atoms with Gasteiger partial charge in [0.05, 0.1) is 17.8 Å². The van der Waals surface area contributed by atoms with E-state index < -0.39 is 21.5 Å². The predicted octanol–water partition coefficient (Wildman–Crippen LogP) is 3.28. The average molecular weight is 420 g/mol. The molecule has 1 unspecified atom stereocenters. The number of methoxy groups -OCH3 is 1.